The number of hydrogen-bond acceptors (Lipinski definition) is 6. The van der Waals surface area contributed by atoms with Gasteiger partial charge in [0.25, 0.3) is 0 Å². The van der Waals surface area contributed by atoms with E-state index in [0.29, 0.717) is 24.8 Å². The van der Waals surface area contributed by atoms with E-state index in [2.05, 4.69) is 20.3 Å². The summed E-state index contributed by atoms with van der Waals surface area (Å²) in [6.07, 6.45) is 0. The first-order valence-electron chi connectivity index (χ1n) is 6.58. The summed E-state index contributed by atoms with van der Waals surface area (Å²) in [5.41, 5.74) is 1.11. The molecular formula is C14H18N4O2. The Kier molecular flexibility index (Phi) is 4.70. The van der Waals surface area contributed by atoms with Crippen LogP contribution in [0.2, 0.25) is 0 Å². The second kappa shape index (κ2) is 6.70. The maximum Gasteiger partial charge on any atom is 0.330 e. The van der Waals surface area contributed by atoms with Crippen LogP contribution in [-0.4, -0.2) is 28.1 Å². The first-order chi connectivity index (χ1) is 9.71. The van der Waals surface area contributed by atoms with Crippen LogP contribution < -0.4 is 14.8 Å². The van der Waals surface area contributed by atoms with Crippen molar-refractivity contribution in [2.75, 3.05) is 18.5 Å². The third kappa shape index (κ3) is 3.81. The van der Waals surface area contributed by atoms with Crippen LogP contribution in [-0.2, 0) is 0 Å². The Morgan fingerprint density at radius 3 is 2.60 bits per heavy atom. The molecule has 0 aliphatic carbocycles. The Morgan fingerprint density at radius 1 is 1.10 bits per heavy atom. The average Bonchev–Trinajstić information content (AvgIpc) is 2.39. The molecule has 0 amide bonds. The highest BCUT2D eigenvalue weighted by molar-refractivity contribution is 5.32. The first kappa shape index (κ1) is 14.0. The normalized spacial score (nSPS) is 10.2. The summed E-state index contributed by atoms with van der Waals surface area (Å²) in [5.74, 6) is 1.12. The third-order valence-electron chi connectivity index (χ3n) is 2.40. The summed E-state index contributed by atoms with van der Waals surface area (Å²) in [4.78, 5) is 12.5. The number of hydrogen-bond donors (Lipinski definition) is 1. The second-order valence-corrected chi connectivity index (χ2v) is 4.11. The van der Waals surface area contributed by atoms with E-state index in [-0.39, 0.29) is 12.0 Å². The monoisotopic (exact) mass is 274 g/mol. The van der Waals surface area contributed by atoms with Crippen LogP contribution in [0.1, 0.15) is 19.4 Å². The van der Waals surface area contributed by atoms with Gasteiger partial charge in [-0.15, -0.1) is 4.98 Å². The van der Waals surface area contributed by atoms with E-state index in [1.54, 1.807) is 0 Å². The summed E-state index contributed by atoms with van der Waals surface area (Å²) >= 11 is 0. The van der Waals surface area contributed by atoms with E-state index < -0.39 is 0 Å². The largest absolute Gasteiger partial charge is 0.464 e. The Labute approximate surface area is 118 Å². The number of aryl methyl sites for hydroxylation is 1. The highest BCUT2D eigenvalue weighted by Crippen LogP contribution is 2.21. The molecule has 1 N–H and O–H groups in total. The van der Waals surface area contributed by atoms with E-state index in [9.17, 15) is 0 Å². The van der Waals surface area contributed by atoms with Gasteiger partial charge in [-0.25, -0.2) is 0 Å². The van der Waals surface area contributed by atoms with Gasteiger partial charge in [0.1, 0.15) is 5.75 Å². The van der Waals surface area contributed by atoms with Crippen molar-refractivity contribution in [3.8, 4) is 17.8 Å². The molecule has 0 saturated heterocycles. The Bertz CT molecular complexity index is 551. The molecule has 0 aliphatic heterocycles. The molecule has 2 aromatic rings. The van der Waals surface area contributed by atoms with Crippen molar-refractivity contribution in [1.29, 1.82) is 0 Å². The number of ether oxygens (including phenoxy) is 2. The minimum absolute atomic E-state index is 0.213. The second-order valence-electron chi connectivity index (χ2n) is 4.11. The van der Waals surface area contributed by atoms with E-state index >= 15 is 0 Å². The van der Waals surface area contributed by atoms with E-state index in [1.807, 2.05) is 45.0 Å². The molecule has 6 heteroatoms. The van der Waals surface area contributed by atoms with E-state index in [0.717, 1.165) is 5.56 Å². The minimum Gasteiger partial charge on any atom is -0.464 e. The first-order valence-corrected chi connectivity index (χ1v) is 6.58. The summed E-state index contributed by atoms with van der Waals surface area (Å²) < 4.78 is 11.0. The van der Waals surface area contributed by atoms with Gasteiger partial charge in [-0.2, -0.15) is 9.97 Å². The van der Waals surface area contributed by atoms with Crippen molar-refractivity contribution in [2.45, 2.75) is 20.8 Å². The molecule has 0 unspecified atom stereocenters. The summed E-state index contributed by atoms with van der Waals surface area (Å²) in [6, 6.07) is 8.14. The van der Waals surface area contributed by atoms with Gasteiger partial charge < -0.3 is 14.8 Å². The molecule has 0 fully saturated rings. The quantitative estimate of drug-likeness (QED) is 0.873. The van der Waals surface area contributed by atoms with Gasteiger partial charge in [0.05, 0.1) is 6.61 Å². The van der Waals surface area contributed by atoms with Crippen molar-refractivity contribution in [2.24, 2.45) is 0 Å². The van der Waals surface area contributed by atoms with Crippen molar-refractivity contribution >= 4 is 5.95 Å². The molecule has 1 aromatic carbocycles. The van der Waals surface area contributed by atoms with Gasteiger partial charge in [0.15, 0.2) is 0 Å². The molecule has 1 aromatic heterocycles. The highest BCUT2D eigenvalue weighted by Gasteiger charge is 2.09. The number of aromatic nitrogens is 3. The zero-order chi connectivity index (χ0) is 14.4. The van der Waals surface area contributed by atoms with Crippen LogP contribution >= 0.6 is 0 Å². The lowest BCUT2D eigenvalue weighted by molar-refractivity contribution is 0.304. The maximum absolute atomic E-state index is 5.65. The molecule has 0 radical (unpaired) electrons. The predicted molar refractivity (Wildman–Crippen MR) is 76.4 cm³/mol. The molecule has 0 atom stereocenters. The zero-order valence-electron chi connectivity index (χ0n) is 11.9. The van der Waals surface area contributed by atoms with Gasteiger partial charge >= 0.3 is 12.0 Å². The van der Waals surface area contributed by atoms with Crippen LogP contribution in [0.3, 0.4) is 0 Å². The molecule has 0 saturated carbocycles. The van der Waals surface area contributed by atoms with Crippen LogP contribution in [0.15, 0.2) is 24.3 Å². The van der Waals surface area contributed by atoms with Gasteiger partial charge in [-0.05, 0) is 38.5 Å². The van der Waals surface area contributed by atoms with E-state index in [1.165, 1.54) is 0 Å². The number of nitrogens with one attached hydrogen (secondary N) is 1. The molecule has 20 heavy (non-hydrogen) atoms. The maximum atomic E-state index is 5.65. The Morgan fingerprint density at radius 2 is 1.90 bits per heavy atom. The molecule has 0 bridgehead atoms. The Hall–Kier alpha value is -2.37. The number of nitrogens with zero attached hydrogens (tertiary/aromatic N) is 3. The average molecular weight is 274 g/mol. The van der Waals surface area contributed by atoms with Crippen LogP contribution in [0.4, 0.5) is 5.95 Å². The third-order valence-corrected chi connectivity index (χ3v) is 2.40. The van der Waals surface area contributed by atoms with Gasteiger partial charge in [0.2, 0.25) is 5.95 Å². The number of benzene rings is 1. The SMILES string of the molecule is CCNc1nc(OCC)nc(Oc2cccc(C)c2)n1. The van der Waals surface area contributed by atoms with Crippen molar-refractivity contribution in [3.63, 3.8) is 0 Å². The fourth-order valence-electron chi connectivity index (χ4n) is 1.60. The molecule has 6 nitrogen and oxygen atoms in total. The fourth-order valence-corrected chi connectivity index (χ4v) is 1.60. The molecular weight excluding hydrogens is 256 g/mol. The number of rotatable bonds is 6. The summed E-state index contributed by atoms with van der Waals surface area (Å²) in [6.45, 7) is 7.03. The van der Waals surface area contributed by atoms with Crippen molar-refractivity contribution < 1.29 is 9.47 Å². The van der Waals surface area contributed by atoms with Crippen LogP contribution in [0.5, 0.6) is 17.8 Å². The molecule has 106 valence electrons. The molecule has 1 heterocycles. The Balaban J connectivity index is 2.25. The lowest BCUT2D eigenvalue weighted by atomic mass is 10.2. The van der Waals surface area contributed by atoms with E-state index in [4.69, 9.17) is 9.47 Å². The molecule has 0 aliphatic rings. The number of anilines is 1. The van der Waals surface area contributed by atoms with Crippen LogP contribution in [0, 0.1) is 6.92 Å². The van der Waals surface area contributed by atoms with Crippen molar-refractivity contribution in [3.05, 3.63) is 29.8 Å². The highest BCUT2D eigenvalue weighted by atomic mass is 16.5. The molecule has 2 rings (SSSR count). The topological polar surface area (TPSA) is 69.2 Å². The van der Waals surface area contributed by atoms with Crippen LogP contribution in [0.25, 0.3) is 0 Å². The smallest absolute Gasteiger partial charge is 0.330 e. The zero-order valence-corrected chi connectivity index (χ0v) is 11.9. The standard InChI is InChI=1S/C14H18N4O2/c1-4-15-12-16-13(19-5-2)18-14(17-12)20-11-8-6-7-10(3)9-11/h6-9H,4-5H2,1-3H3,(H,15,16,17,18). The van der Waals surface area contributed by atoms with Gasteiger partial charge in [-0.1, -0.05) is 12.1 Å². The van der Waals surface area contributed by atoms with Crippen molar-refractivity contribution in [1.82, 2.24) is 15.0 Å². The van der Waals surface area contributed by atoms with Gasteiger partial charge in [-0.3, -0.25) is 0 Å². The summed E-state index contributed by atoms with van der Waals surface area (Å²) in [7, 11) is 0. The van der Waals surface area contributed by atoms with Gasteiger partial charge in [0, 0.05) is 6.54 Å². The molecule has 0 spiro atoms. The lowest BCUT2D eigenvalue weighted by Gasteiger charge is -2.08. The predicted octanol–water partition coefficient (Wildman–Crippen LogP) is 2.80. The summed E-state index contributed by atoms with van der Waals surface area (Å²) in [5, 5.41) is 3.02. The fraction of sp³-hybridized carbons (Fsp3) is 0.357. The minimum atomic E-state index is 0.213. The lowest BCUT2D eigenvalue weighted by Crippen LogP contribution is -2.07.